The second-order valence-electron chi connectivity index (χ2n) is 5.33. The summed E-state index contributed by atoms with van der Waals surface area (Å²) < 4.78 is 26.3. The van der Waals surface area contributed by atoms with Crippen LogP contribution in [0.3, 0.4) is 0 Å². The number of hydrogen-bond donors (Lipinski definition) is 2. The number of sulfonamides is 1. The third kappa shape index (κ3) is 5.49. The molecule has 0 aromatic rings. The van der Waals surface area contributed by atoms with Gasteiger partial charge in [-0.1, -0.05) is 0 Å². The molecule has 0 unspecified atom stereocenters. The summed E-state index contributed by atoms with van der Waals surface area (Å²) in [5, 5.41) is 3.23. The highest BCUT2D eigenvalue weighted by molar-refractivity contribution is 7.89. The van der Waals surface area contributed by atoms with Crippen molar-refractivity contribution in [2.24, 2.45) is 5.92 Å². The molecule has 90 valence electrons. The van der Waals surface area contributed by atoms with Crippen LogP contribution < -0.4 is 10.0 Å². The van der Waals surface area contributed by atoms with Gasteiger partial charge < -0.3 is 5.32 Å². The van der Waals surface area contributed by atoms with E-state index in [0.29, 0.717) is 5.92 Å². The Bertz CT molecular complexity index is 287. The molecule has 1 heterocycles. The van der Waals surface area contributed by atoms with Crippen molar-refractivity contribution in [2.75, 3.05) is 18.8 Å². The Labute approximate surface area is 92.9 Å². The van der Waals surface area contributed by atoms with E-state index in [1.165, 1.54) is 0 Å². The van der Waals surface area contributed by atoms with Crippen LogP contribution in [-0.4, -0.2) is 32.8 Å². The first-order valence-corrected chi connectivity index (χ1v) is 7.16. The molecule has 15 heavy (non-hydrogen) atoms. The highest BCUT2D eigenvalue weighted by Crippen LogP contribution is 2.14. The van der Waals surface area contributed by atoms with E-state index in [1.54, 1.807) is 0 Å². The van der Waals surface area contributed by atoms with Crippen molar-refractivity contribution < 1.29 is 8.42 Å². The second-order valence-corrected chi connectivity index (χ2v) is 7.09. The molecule has 0 atom stereocenters. The minimum Gasteiger partial charge on any atom is -0.317 e. The van der Waals surface area contributed by atoms with Gasteiger partial charge in [0.1, 0.15) is 0 Å². The van der Waals surface area contributed by atoms with Gasteiger partial charge in [0, 0.05) is 5.54 Å². The number of hydrogen-bond acceptors (Lipinski definition) is 3. The van der Waals surface area contributed by atoms with Crippen LogP contribution in [0.1, 0.15) is 33.6 Å². The standard InChI is InChI=1S/C10H22N2O2S/c1-10(2,3)12-15(13,14)8-9-4-6-11-7-5-9/h9,11-12H,4-8H2,1-3H3. The lowest BCUT2D eigenvalue weighted by Gasteiger charge is -2.25. The third-order valence-electron chi connectivity index (χ3n) is 2.38. The summed E-state index contributed by atoms with van der Waals surface area (Å²) in [7, 11) is -3.12. The molecule has 1 fully saturated rings. The quantitative estimate of drug-likeness (QED) is 0.756. The molecule has 0 radical (unpaired) electrons. The predicted octanol–water partition coefficient (Wildman–Crippen LogP) is 0.704. The van der Waals surface area contributed by atoms with E-state index in [-0.39, 0.29) is 11.3 Å². The van der Waals surface area contributed by atoms with Gasteiger partial charge in [-0.15, -0.1) is 0 Å². The van der Waals surface area contributed by atoms with Gasteiger partial charge >= 0.3 is 0 Å². The number of piperidine rings is 1. The van der Waals surface area contributed by atoms with Crippen LogP contribution in [0.25, 0.3) is 0 Å². The maximum absolute atomic E-state index is 11.8. The van der Waals surface area contributed by atoms with Crippen molar-refractivity contribution in [2.45, 2.75) is 39.2 Å². The smallest absolute Gasteiger partial charge is 0.212 e. The van der Waals surface area contributed by atoms with Crippen molar-refractivity contribution in [1.29, 1.82) is 0 Å². The van der Waals surface area contributed by atoms with Gasteiger partial charge in [0.25, 0.3) is 0 Å². The van der Waals surface area contributed by atoms with Crippen LogP contribution in [0.15, 0.2) is 0 Å². The van der Waals surface area contributed by atoms with Crippen LogP contribution in [-0.2, 0) is 10.0 Å². The van der Waals surface area contributed by atoms with E-state index in [9.17, 15) is 8.42 Å². The van der Waals surface area contributed by atoms with Crippen LogP contribution in [0.2, 0.25) is 0 Å². The summed E-state index contributed by atoms with van der Waals surface area (Å²) in [6, 6.07) is 0. The summed E-state index contributed by atoms with van der Waals surface area (Å²) in [6.45, 7) is 7.48. The lowest BCUT2D eigenvalue weighted by Crippen LogP contribution is -2.44. The summed E-state index contributed by atoms with van der Waals surface area (Å²) in [5.74, 6) is 0.581. The van der Waals surface area contributed by atoms with Crippen molar-refractivity contribution >= 4 is 10.0 Å². The van der Waals surface area contributed by atoms with E-state index < -0.39 is 10.0 Å². The first-order valence-electron chi connectivity index (χ1n) is 5.51. The fourth-order valence-electron chi connectivity index (χ4n) is 1.87. The Morgan fingerprint density at radius 1 is 1.27 bits per heavy atom. The molecule has 4 nitrogen and oxygen atoms in total. The van der Waals surface area contributed by atoms with Gasteiger partial charge in [-0.05, 0) is 52.6 Å². The van der Waals surface area contributed by atoms with E-state index >= 15 is 0 Å². The van der Waals surface area contributed by atoms with Gasteiger partial charge in [-0.25, -0.2) is 13.1 Å². The summed E-state index contributed by atoms with van der Waals surface area (Å²) in [5.41, 5.74) is -0.369. The Morgan fingerprint density at radius 2 is 1.80 bits per heavy atom. The molecule has 0 aromatic carbocycles. The van der Waals surface area contributed by atoms with Crippen molar-refractivity contribution in [1.82, 2.24) is 10.0 Å². The Hall–Kier alpha value is -0.130. The van der Waals surface area contributed by atoms with Crippen molar-refractivity contribution in [3.05, 3.63) is 0 Å². The normalized spacial score (nSPS) is 20.5. The summed E-state index contributed by atoms with van der Waals surface area (Å²) >= 11 is 0. The Morgan fingerprint density at radius 3 is 2.27 bits per heavy atom. The molecule has 1 saturated heterocycles. The van der Waals surface area contributed by atoms with Gasteiger partial charge in [0.2, 0.25) is 10.0 Å². The average molecular weight is 234 g/mol. The fourth-order valence-corrected chi connectivity index (χ4v) is 3.84. The maximum Gasteiger partial charge on any atom is 0.212 e. The molecule has 0 aliphatic carbocycles. The molecule has 1 aliphatic heterocycles. The molecule has 0 amide bonds. The lowest BCUT2D eigenvalue weighted by molar-refractivity contribution is 0.396. The van der Waals surface area contributed by atoms with Crippen LogP contribution in [0.4, 0.5) is 0 Å². The lowest BCUT2D eigenvalue weighted by atomic mass is 10.0. The topological polar surface area (TPSA) is 58.2 Å². The van der Waals surface area contributed by atoms with Crippen LogP contribution in [0, 0.1) is 5.92 Å². The highest BCUT2D eigenvalue weighted by Gasteiger charge is 2.24. The largest absolute Gasteiger partial charge is 0.317 e. The Balaban J connectivity index is 2.48. The minimum absolute atomic E-state index is 0.270. The molecular formula is C10H22N2O2S. The molecule has 1 rings (SSSR count). The van der Waals surface area contributed by atoms with Gasteiger partial charge in [-0.3, -0.25) is 0 Å². The van der Waals surface area contributed by atoms with Crippen LogP contribution >= 0.6 is 0 Å². The molecule has 0 spiro atoms. The van der Waals surface area contributed by atoms with Crippen LogP contribution in [0.5, 0.6) is 0 Å². The second kappa shape index (κ2) is 4.80. The molecule has 0 bridgehead atoms. The molecule has 1 aliphatic rings. The predicted molar refractivity (Wildman–Crippen MR) is 62.3 cm³/mol. The number of rotatable bonds is 3. The van der Waals surface area contributed by atoms with E-state index in [0.717, 1.165) is 25.9 Å². The highest BCUT2D eigenvalue weighted by atomic mass is 32.2. The van der Waals surface area contributed by atoms with Gasteiger partial charge in [-0.2, -0.15) is 0 Å². The molecule has 0 aromatic heterocycles. The SMILES string of the molecule is CC(C)(C)NS(=O)(=O)CC1CCNCC1. The molecular weight excluding hydrogens is 212 g/mol. The fraction of sp³-hybridized carbons (Fsp3) is 1.00. The summed E-state index contributed by atoms with van der Waals surface area (Å²) in [4.78, 5) is 0. The maximum atomic E-state index is 11.8. The van der Waals surface area contributed by atoms with E-state index in [1.807, 2.05) is 20.8 Å². The average Bonchev–Trinajstić information content (AvgIpc) is 1.99. The molecule has 2 N–H and O–H groups in total. The zero-order valence-corrected chi connectivity index (χ0v) is 10.7. The first-order chi connectivity index (χ1) is 6.79. The minimum atomic E-state index is -3.12. The van der Waals surface area contributed by atoms with Gasteiger partial charge in [0.15, 0.2) is 0 Å². The molecule has 5 heteroatoms. The molecule has 0 saturated carbocycles. The first kappa shape index (κ1) is 12.9. The zero-order chi connectivity index (χ0) is 11.5. The van der Waals surface area contributed by atoms with Gasteiger partial charge in [0.05, 0.1) is 5.75 Å². The van der Waals surface area contributed by atoms with E-state index in [4.69, 9.17) is 0 Å². The Kier molecular flexibility index (Phi) is 4.14. The van der Waals surface area contributed by atoms with E-state index in [2.05, 4.69) is 10.0 Å². The third-order valence-corrected chi connectivity index (χ3v) is 4.21. The zero-order valence-electron chi connectivity index (χ0n) is 9.84. The summed E-state index contributed by atoms with van der Waals surface area (Å²) in [6.07, 6.45) is 1.93. The van der Waals surface area contributed by atoms with Crippen molar-refractivity contribution in [3.63, 3.8) is 0 Å². The number of nitrogens with one attached hydrogen (secondary N) is 2. The monoisotopic (exact) mass is 234 g/mol. The van der Waals surface area contributed by atoms with Crippen molar-refractivity contribution in [3.8, 4) is 0 Å².